The lowest BCUT2D eigenvalue weighted by atomic mass is 10.2. The Kier molecular flexibility index (Phi) is 2.49. The SMILES string of the molecule is CC1COCCN1c1cncc(N)n1. The van der Waals surface area contributed by atoms with Crippen molar-refractivity contribution in [2.24, 2.45) is 0 Å². The zero-order valence-corrected chi connectivity index (χ0v) is 8.18. The molecule has 2 rings (SSSR count). The van der Waals surface area contributed by atoms with Gasteiger partial charge in [0.05, 0.1) is 31.6 Å². The predicted molar refractivity (Wildman–Crippen MR) is 54.1 cm³/mol. The van der Waals surface area contributed by atoms with Crippen LogP contribution in [0.1, 0.15) is 6.92 Å². The molecular weight excluding hydrogens is 180 g/mol. The zero-order valence-electron chi connectivity index (χ0n) is 8.18. The van der Waals surface area contributed by atoms with Crippen LogP contribution in [0.15, 0.2) is 12.4 Å². The molecule has 0 spiro atoms. The van der Waals surface area contributed by atoms with E-state index in [2.05, 4.69) is 21.8 Å². The molecule has 1 aromatic rings. The smallest absolute Gasteiger partial charge is 0.149 e. The van der Waals surface area contributed by atoms with Crippen LogP contribution in [0, 0.1) is 0 Å². The minimum Gasteiger partial charge on any atom is -0.382 e. The summed E-state index contributed by atoms with van der Waals surface area (Å²) in [5.74, 6) is 1.29. The number of nitrogens with two attached hydrogens (primary N) is 1. The second-order valence-electron chi connectivity index (χ2n) is 3.42. The van der Waals surface area contributed by atoms with Crippen molar-refractivity contribution in [2.45, 2.75) is 13.0 Å². The lowest BCUT2D eigenvalue weighted by Gasteiger charge is -2.33. The molecule has 0 aliphatic carbocycles. The highest BCUT2D eigenvalue weighted by Crippen LogP contribution is 2.16. The van der Waals surface area contributed by atoms with Crippen LogP contribution in [-0.4, -0.2) is 35.8 Å². The second kappa shape index (κ2) is 3.79. The van der Waals surface area contributed by atoms with Crippen LogP contribution in [0.4, 0.5) is 11.6 Å². The Morgan fingerprint density at radius 3 is 3.14 bits per heavy atom. The molecule has 2 N–H and O–H groups in total. The van der Waals surface area contributed by atoms with Gasteiger partial charge in [0, 0.05) is 6.54 Å². The summed E-state index contributed by atoms with van der Waals surface area (Å²) >= 11 is 0. The van der Waals surface area contributed by atoms with Crippen molar-refractivity contribution in [3.05, 3.63) is 12.4 Å². The van der Waals surface area contributed by atoms with Gasteiger partial charge in [-0.05, 0) is 6.92 Å². The summed E-state index contributed by atoms with van der Waals surface area (Å²) < 4.78 is 5.34. The lowest BCUT2D eigenvalue weighted by Crippen LogP contribution is -2.44. The lowest BCUT2D eigenvalue weighted by molar-refractivity contribution is 0.0985. The van der Waals surface area contributed by atoms with Crippen molar-refractivity contribution < 1.29 is 4.74 Å². The Morgan fingerprint density at radius 1 is 1.57 bits per heavy atom. The number of nitrogens with zero attached hydrogens (tertiary/aromatic N) is 3. The molecule has 2 heterocycles. The molecule has 1 aliphatic rings. The third-order valence-electron chi connectivity index (χ3n) is 2.30. The average molecular weight is 194 g/mol. The van der Waals surface area contributed by atoms with Crippen molar-refractivity contribution in [1.82, 2.24) is 9.97 Å². The summed E-state index contributed by atoms with van der Waals surface area (Å²) in [6.07, 6.45) is 3.28. The number of hydrogen-bond donors (Lipinski definition) is 1. The van der Waals surface area contributed by atoms with Crippen molar-refractivity contribution in [1.29, 1.82) is 0 Å². The van der Waals surface area contributed by atoms with Crippen LogP contribution in [0.3, 0.4) is 0 Å². The van der Waals surface area contributed by atoms with Gasteiger partial charge in [0.2, 0.25) is 0 Å². The van der Waals surface area contributed by atoms with Crippen LogP contribution in [0.5, 0.6) is 0 Å². The van der Waals surface area contributed by atoms with E-state index in [1.54, 1.807) is 12.4 Å². The van der Waals surface area contributed by atoms with E-state index in [1.807, 2.05) is 0 Å². The number of anilines is 2. The monoisotopic (exact) mass is 194 g/mol. The molecule has 0 bridgehead atoms. The second-order valence-corrected chi connectivity index (χ2v) is 3.42. The standard InChI is InChI=1S/C9H14N4O/c1-7-6-14-3-2-13(7)9-5-11-4-8(10)12-9/h4-5,7H,2-3,6H2,1H3,(H2,10,12). The van der Waals surface area contributed by atoms with E-state index < -0.39 is 0 Å². The van der Waals surface area contributed by atoms with Crippen LogP contribution < -0.4 is 10.6 Å². The number of hydrogen-bond acceptors (Lipinski definition) is 5. The van der Waals surface area contributed by atoms with Gasteiger partial charge in [-0.1, -0.05) is 0 Å². The first-order valence-electron chi connectivity index (χ1n) is 4.69. The van der Waals surface area contributed by atoms with E-state index in [9.17, 15) is 0 Å². The number of nitrogen functional groups attached to an aromatic ring is 1. The maximum absolute atomic E-state index is 5.58. The minimum atomic E-state index is 0.333. The van der Waals surface area contributed by atoms with Crippen molar-refractivity contribution in [3.63, 3.8) is 0 Å². The van der Waals surface area contributed by atoms with Gasteiger partial charge in [-0.3, -0.25) is 4.98 Å². The molecule has 0 amide bonds. The molecule has 5 heteroatoms. The number of rotatable bonds is 1. The fourth-order valence-corrected chi connectivity index (χ4v) is 1.58. The van der Waals surface area contributed by atoms with E-state index in [-0.39, 0.29) is 0 Å². The predicted octanol–water partition coefficient (Wildman–Crippen LogP) is 0.284. The van der Waals surface area contributed by atoms with Crippen LogP contribution >= 0.6 is 0 Å². The summed E-state index contributed by atoms with van der Waals surface area (Å²) in [6, 6.07) is 0.333. The van der Waals surface area contributed by atoms with Crippen molar-refractivity contribution >= 4 is 11.6 Å². The van der Waals surface area contributed by atoms with Gasteiger partial charge in [-0.25, -0.2) is 4.98 Å². The van der Waals surface area contributed by atoms with Gasteiger partial charge >= 0.3 is 0 Å². The zero-order chi connectivity index (χ0) is 9.97. The van der Waals surface area contributed by atoms with Crippen molar-refractivity contribution in [2.75, 3.05) is 30.4 Å². The highest BCUT2D eigenvalue weighted by molar-refractivity contribution is 5.42. The number of morpholine rings is 1. The highest BCUT2D eigenvalue weighted by Gasteiger charge is 2.20. The molecule has 0 saturated carbocycles. The summed E-state index contributed by atoms with van der Waals surface area (Å²) in [5.41, 5.74) is 5.58. The quantitative estimate of drug-likeness (QED) is 0.695. The number of ether oxygens (including phenoxy) is 1. The minimum absolute atomic E-state index is 0.333. The van der Waals surface area contributed by atoms with Crippen LogP contribution in [0.25, 0.3) is 0 Å². The summed E-state index contributed by atoms with van der Waals surface area (Å²) in [5, 5.41) is 0. The molecule has 1 saturated heterocycles. The molecule has 14 heavy (non-hydrogen) atoms. The molecule has 1 aromatic heterocycles. The molecule has 1 atom stereocenters. The van der Waals surface area contributed by atoms with Gasteiger partial charge in [-0.15, -0.1) is 0 Å². The summed E-state index contributed by atoms with van der Waals surface area (Å²) in [7, 11) is 0. The van der Waals surface area contributed by atoms with Crippen molar-refractivity contribution in [3.8, 4) is 0 Å². The first-order chi connectivity index (χ1) is 6.77. The Hall–Kier alpha value is -1.36. The van der Waals surface area contributed by atoms with Crippen LogP contribution in [0.2, 0.25) is 0 Å². The molecule has 5 nitrogen and oxygen atoms in total. The maximum Gasteiger partial charge on any atom is 0.149 e. The molecule has 1 fully saturated rings. The van der Waals surface area contributed by atoms with E-state index in [4.69, 9.17) is 10.5 Å². The molecule has 1 unspecified atom stereocenters. The average Bonchev–Trinajstić information content (AvgIpc) is 2.18. The van der Waals surface area contributed by atoms with Crippen LogP contribution in [-0.2, 0) is 4.74 Å². The molecule has 0 radical (unpaired) electrons. The Labute approximate surface area is 82.9 Å². The fraction of sp³-hybridized carbons (Fsp3) is 0.556. The molecular formula is C9H14N4O. The largest absolute Gasteiger partial charge is 0.382 e. The fourth-order valence-electron chi connectivity index (χ4n) is 1.58. The molecule has 76 valence electrons. The summed E-state index contributed by atoms with van der Waals surface area (Å²) in [6.45, 7) is 4.42. The normalized spacial score (nSPS) is 22.4. The topological polar surface area (TPSA) is 64.3 Å². The molecule has 0 aromatic carbocycles. The first kappa shape index (κ1) is 9.21. The highest BCUT2D eigenvalue weighted by atomic mass is 16.5. The Morgan fingerprint density at radius 2 is 2.43 bits per heavy atom. The van der Waals surface area contributed by atoms with Gasteiger partial charge in [0.25, 0.3) is 0 Å². The van der Waals surface area contributed by atoms with Gasteiger partial charge in [-0.2, -0.15) is 0 Å². The maximum atomic E-state index is 5.58. The third kappa shape index (κ3) is 1.77. The Balaban J connectivity index is 2.20. The van der Waals surface area contributed by atoms with E-state index in [0.717, 1.165) is 25.6 Å². The van der Waals surface area contributed by atoms with E-state index >= 15 is 0 Å². The molecule has 1 aliphatic heterocycles. The summed E-state index contributed by atoms with van der Waals surface area (Å²) in [4.78, 5) is 10.4. The van der Waals surface area contributed by atoms with Gasteiger partial charge in [0.1, 0.15) is 11.6 Å². The van der Waals surface area contributed by atoms with Gasteiger partial charge in [0.15, 0.2) is 0 Å². The van der Waals surface area contributed by atoms with E-state index in [1.165, 1.54) is 0 Å². The Bertz CT molecular complexity index is 317. The number of aromatic nitrogens is 2. The van der Waals surface area contributed by atoms with Gasteiger partial charge < -0.3 is 15.4 Å². The first-order valence-corrected chi connectivity index (χ1v) is 4.69. The van der Waals surface area contributed by atoms with E-state index in [0.29, 0.717) is 11.9 Å². The third-order valence-corrected chi connectivity index (χ3v) is 2.30.